The van der Waals surface area contributed by atoms with Crippen LogP contribution in [0.15, 0.2) is 53.4 Å². The molecule has 138 valence electrons. The molecule has 0 aliphatic rings. The molecule has 0 bridgehead atoms. The Kier molecular flexibility index (Phi) is 6.21. The van der Waals surface area contributed by atoms with Crippen LogP contribution in [0.2, 0.25) is 0 Å². The third kappa shape index (κ3) is 4.74. The van der Waals surface area contributed by atoms with Gasteiger partial charge in [0.2, 0.25) is 0 Å². The highest BCUT2D eigenvalue weighted by molar-refractivity contribution is 7.92. The van der Waals surface area contributed by atoms with E-state index < -0.39 is 15.9 Å². The fourth-order valence-electron chi connectivity index (χ4n) is 2.11. The van der Waals surface area contributed by atoms with Gasteiger partial charge < -0.3 is 9.47 Å². The summed E-state index contributed by atoms with van der Waals surface area (Å²) in [5.41, 5.74) is 2.24. The summed E-state index contributed by atoms with van der Waals surface area (Å²) >= 11 is 0. The number of amides is 1. The van der Waals surface area contributed by atoms with Crippen molar-refractivity contribution in [3.8, 4) is 11.5 Å². The van der Waals surface area contributed by atoms with E-state index in [1.165, 1.54) is 44.0 Å². The zero-order valence-electron chi connectivity index (χ0n) is 14.1. The number of sulfonamides is 1. The minimum atomic E-state index is -3.85. The molecular weight excluding hydrogens is 360 g/mol. The summed E-state index contributed by atoms with van der Waals surface area (Å²) in [7, 11) is -0.918. The number of hydrogen-bond acceptors (Lipinski definition) is 6. The van der Waals surface area contributed by atoms with Gasteiger partial charge in [-0.15, -0.1) is 0 Å². The zero-order valence-corrected chi connectivity index (χ0v) is 14.9. The molecule has 0 saturated carbocycles. The lowest BCUT2D eigenvalue weighted by Crippen LogP contribution is -2.15. The van der Waals surface area contributed by atoms with Crippen molar-refractivity contribution in [1.82, 2.24) is 5.48 Å². The largest absolute Gasteiger partial charge is 0.493 e. The summed E-state index contributed by atoms with van der Waals surface area (Å²) in [5, 5.41) is 8.47. The van der Waals surface area contributed by atoms with Crippen LogP contribution in [0.5, 0.6) is 11.5 Å². The van der Waals surface area contributed by atoms with Crippen LogP contribution in [0.25, 0.3) is 6.08 Å². The van der Waals surface area contributed by atoms with Gasteiger partial charge in [0, 0.05) is 12.1 Å². The van der Waals surface area contributed by atoms with Crippen molar-refractivity contribution in [2.75, 3.05) is 18.9 Å². The van der Waals surface area contributed by atoms with E-state index in [0.717, 1.165) is 6.08 Å². The summed E-state index contributed by atoms with van der Waals surface area (Å²) in [6, 6.07) is 10.6. The molecule has 0 aliphatic heterocycles. The monoisotopic (exact) mass is 378 g/mol. The maximum absolute atomic E-state index is 12.6. The van der Waals surface area contributed by atoms with Gasteiger partial charge in [0.15, 0.2) is 11.5 Å². The van der Waals surface area contributed by atoms with Crippen molar-refractivity contribution >= 4 is 27.7 Å². The van der Waals surface area contributed by atoms with Crippen molar-refractivity contribution < 1.29 is 27.9 Å². The van der Waals surface area contributed by atoms with Crippen LogP contribution < -0.4 is 19.7 Å². The first-order valence-corrected chi connectivity index (χ1v) is 8.85. The van der Waals surface area contributed by atoms with Crippen LogP contribution in [-0.2, 0) is 14.8 Å². The average Bonchev–Trinajstić information content (AvgIpc) is 2.65. The number of rotatable bonds is 7. The fraction of sp³-hybridized carbons (Fsp3) is 0.118. The highest BCUT2D eigenvalue weighted by Gasteiger charge is 2.15. The molecule has 0 saturated heterocycles. The molecule has 1 amide bonds. The van der Waals surface area contributed by atoms with Crippen LogP contribution >= 0.6 is 0 Å². The lowest BCUT2D eigenvalue weighted by atomic mass is 10.2. The standard InChI is InChI=1S/C17H18N2O6S/c1-24-15-8-7-13(11-16(15)25-2)19-26(22,23)14-5-3-4-12(10-14)6-9-17(20)18-21/h3-11,19,21H,1-2H3,(H,18,20)/b9-6+. The van der Waals surface area contributed by atoms with Crippen LogP contribution in [0.4, 0.5) is 5.69 Å². The molecule has 0 atom stereocenters. The van der Waals surface area contributed by atoms with Crippen molar-refractivity contribution in [1.29, 1.82) is 0 Å². The smallest absolute Gasteiger partial charge is 0.267 e. The molecule has 0 unspecified atom stereocenters. The van der Waals surface area contributed by atoms with Crippen molar-refractivity contribution in [3.05, 3.63) is 54.1 Å². The first-order chi connectivity index (χ1) is 12.4. The Labute approximate surface area is 151 Å². The molecule has 0 heterocycles. The molecule has 9 heteroatoms. The molecule has 0 fully saturated rings. The van der Waals surface area contributed by atoms with E-state index in [9.17, 15) is 13.2 Å². The maximum atomic E-state index is 12.6. The Bertz CT molecular complexity index is 925. The van der Waals surface area contributed by atoms with Gasteiger partial charge in [0.05, 0.1) is 24.8 Å². The highest BCUT2D eigenvalue weighted by Crippen LogP contribution is 2.30. The van der Waals surface area contributed by atoms with Gasteiger partial charge in [-0.1, -0.05) is 12.1 Å². The topological polar surface area (TPSA) is 114 Å². The van der Waals surface area contributed by atoms with Crippen LogP contribution in [0.3, 0.4) is 0 Å². The van der Waals surface area contributed by atoms with Crippen molar-refractivity contribution in [2.24, 2.45) is 0 Å². The van der Waals surface area contributed by atoms with E-state index >= 15 is 0 Å². The fourth-order valence-corrected chi connectivity index (χ4v) is 3.21. The predicted octanol–water partition coefficient (Wildman–Crippen LogP) is 2.02. The van der Waals surface area contributed by atoms with E-state index in [-0.39, 0.29) is 4.90 Å². The Hall–Kier alpha value is -3.04. The van der Waals surface area contributed by atoms with E-state index in [1.807, 2.05) is 0 Å². The number of anilines is 1. The average molecular weight is 378 g/mol. The molecule has 2 aromatic carbocycles. The molecule has 0 aromatic heterocycles. The van der Waals surface area contributed by atoms with Crippen LogP contribution in [0, 0.1) is 0 Å². The van der Waals surface area contributed by atoms with Crippen LogP contribution in [0.1, 0.15) is 5.56 Å². The number of methoxy groups -OCH3 is 2. The van der Waals surface area contributed by atoms with Crippen molar-refractivity contribution in [2.45, 2.75) is 4.90 Å². The van der Waals surface area contributed by atoms with Gasteiger partial charge in [-0.2, -0.15) is 0 Å². The summed E-state index contributed by atoms with van der Waals surface area (Å²) in [6.07, 6.45) is 2.45. The van der Waals surface area contributed by atoms with Crippen LogP contribution in [-0.4, -0.2) is 33.8 Å². The first-order valence-electron chi connectivity index (χ1n) is 7.36. The molecule has 2 aromatic rings. The number of carbonyl (C=O) groups is 1. The highest BCUT2D eigenvalue weighted by atomic mass is 32.2. The van der Waals surface area contributed by atoms with Crippen molar-refractivity contribution in [3.63, 3.8) is 0 Å². The Morgan fingerprint density at radius 1 is 1.08 bits per heavy atom. The second-order valence-corrected chi connectivity index (χ2v) is 6.74. The number of carbonyl (C=O) groups excluding carboxylic acids is 1. The number of benzene rings is 2. The SMILES string of the molecule is COc1ccc(NS(=O)(=O)c2cccc(/C=C/C(=O)NO)c2)cc1OC. The number of nitrogens with one attached hydrogen (secondary N) is 2. The molecule has 0 spiro atoms. The molecular formula is C17H18N2O6S. The summed E-state index contributed by atoms with van der Waals surface area (Å²) in [6.45, 7) is 0. The number of ether oxygens (including phenoxy) is 2. The normalized spacial score (nSPS) is 11.2. The first kappa shape index (κ1) is 19.3. The van der Waals surface area contributed by atoms with E-state index in [2.05, 4.69) is 4.72 Å². The lowest BCUT2D eigenvalue weighted by Gasteiger charge is -2.12. The van der Waals surface area contributed by atoms with Gasteiger partial charge in [0.1, 0.15) is 0 Å². The second kappa shape index (κ2) is 8.37. The zero-order chi connectivity index (χ0) is 19.2. The van der Waals surface area contributed by atoms with Gasteiger partial charge in [-0.05, 0) is 35.9 Å². The minimum absolute atomic E-state index is 0.0128. The van der Waals surface area contributed by atoms with Gasteiger partial charge in [-0.25, -0.2) is 13.9 Å². The number of hydrogen-bond donors (Lipinski definition) is 3. The molecule has 8 nitrogen and oxygen atoms in total. The molecule has 2 rings (SSSR count). The predicted molar refractivity (Wildman–Crippen MR) is 95.8 cm³/mol. The Balaban J connectivity index is 2.28. The van der Waals surface area contributed by atoms with E-state index in [0.29, 0.717) is 22.7 Å². The van der Waals surface area contributed by atoms with E-state index in [1.54, 1.807) is 24.3 Å². The minimum Gasteiger partial charge on any atom is -0.493 e. The van der Waals surface area contributed by atoms with E-state index in [4.69, 9.17) is 14.7 Å². The summed E-state index contributed by atoms with van der Waals surface area (Å²) < 4.78 is 37.9. The second-order valence-electron chi connectivity index (χ2n) is 5.06. The van der Waals surface area contributed by atoms with Gasteiger partial charge >= 0.3 is 0 Å². The van der Waals surface area contributed by atoms with Gasteiger partial charge in [-0.3, -0.25) is 14.7 Å². The summed E-state index contributed by atoms with van der Waals surface area (Å²) in [4.78, 5) is 11.0. The Morgan fingerprint density at radius 2 is 1.81 bits per heavy atom. The third-order valence-corrected chi connectivity index (χ3v) is 4.72. The molecule has 3 N–H and O–H groups in total. The summed E-state index contributed by atoms with van der Waals surface area (Å²) in [5.74, 6) is 0.144. The third-order valence-electron chi connectivity index (χ3n) is 3.34. The quantitative estimate of drug-likeness (QED) is 0.386. The molecule has 0 aliphatic carbocycles. The van der Waals surface area contributed by atoms with Gasteiger partial charge in [0.25, 0.3) is 15.9 Å². The molecule has 26 heavy (non-hydrogen) atoms. The maximum Gasteiger partial charge on any atom is 0.267 e. The number of hydroxylamine groups is 1. The molecule has 0 radical (unpaired) electrons. The Morgan fingerprint density at radius 3 is 2.46 bits per heavy atom. The lowest BCUT2D eigenvalue weighted by molar-refractivity contribution is -0.124.